The summed E-state index contributed by atoms with van der Waals surface area (Å²) in [4.78, 5) is 9.17. The van der Waals surface area contributed by atoms with Crippen LogP contribution in [0.15, 0.2) is 41.0 Å². The summed E-state index contributed by atoms with van der Waals surface area (Å²) in [5, 5.41) is 11.1. The van der Waals surface area contributed by atoms with Crippen molar-refractivity contribution in [3.05, 3.63) is 36.0 Å². The molecule has 0 amide bonds. The van der Waals surface area contributed by atoms with Crippen molar-refractivity contribution in [1.82, 2.24) is 20.0 Å². The maximum Gasteiger partial charge on any atom is 0.193 e. The van der Waals surface area contributed by atoms with Gasteiger partial charge in [-0.2, -0.15) is 5.10 Å². The maximum atomic E-state index is 4.40. The van der Waals surface area contributed by atoms with Crippen LogP contribution in [0, 0.1) is 0 Å². The second-order valence-corrected chi connectivity index (χ2v) is 6.09. The quantitative estimate of drug-likeness (QED) is 0.683. The van der Waals surface area contributed by atoms with E-state index in [2.05, 4.69) is 42.7 Å². The number of hydrogen-bond acceptors (Lipinski definition) is 4. The van der Waals surface area contributed by atoms with Crippen molar-refractivity contribution < 1.29 is 0 Å². The Balaban J connectivity index is 1.46. The second-order valence-electron chi connectivity index (χ2n) is 5.17. The van der Waals surface area contributed by atoms with Gasteiger partial charge in [-0.15, -0.1) is 11.3 Å². The average molecular weight is 318 g/mol. The predicted octanol–water partition coefficient (Wildman–Crippen LogP) is 1.34. The largest absolute Gasteiger partial charge is 0.360 e. The Labute approximate surface area is 135 Å². The van der Waals surface area contributed by atoms with Gasteiger partial charge < -0.3 is 15.1 Å². The molecule has 0 unspecified atom stereocenters. The number of nitrogens with one attached hydrogen (secondary N) is 1. The molecule has 2 aromatic heterocycles. The van der Waals surface area contributed by atoms with Gasteiger partial charge in [-0.3, -0.25) is 9.67 Å². The van der Waals surface area contributed by atoms with Crippen LogP contribution in [0.25, 0.3) is 0 Å². The van der Waals surface area contributed by atoms with Crippen molar-refractivity contribution in [2.45, 2.75) is 6.54 Å². The van der Waals surface area contributed by atoms with E-state index in [1.807, 2.05) is 35.3 Å². The Morgan fingerprint density at radius 1 is 1.32 bits per heavy atom. The summed E-state index contributed by atoms with van der Waals surface area (Å²) in [5.41, 5.74) is 0. The molecule has 0 radical (unpaired) electrons. The number of rotatable bonds is 4. The zero-order chi connectivity index (χ0) is 15.2. The molecule has 0 aromatic carbocycles. The number of guanidine groups is 1. The summed E-state index contributed by atoms with van der Waals surface area (Å²) in [6.45, 7) is 5.76. The molecule has 7 heteroatoms. The fraction of sp³-hybridized carbons (Fsp3) is 0.467. The summed E-state index contributed by atoms with van der Waals surface area (Å²) >= 11 is 1.81. The molecule has 0 saturated carbocycles. The van der Waals surface area contributed by atoms with Crippen LogP contribution in [-0.2, 0) is 6.54 Å². The van der Waals surface area contributed by atoms with E-state index in [-0.39, 0.29) is 0 Å². The van der Waals surface area contributed by atoms with E-state index in [0.717, 1.165) is 45.2 Å². The molecule has 0 spiro atoms. The van der Waals surface area contributed by atoms with Crippen molar-refractivity contribution in [3.8, 4) is 0 Å². The molecule has 1 fully saturated rings. The van der Waals surface area contributed by atoms with Crippen LogP contribution in [0.5, 0.6) is 0 Å². The Bertz CT molecular complexity index is 569. The van der Waals surface area contributed by atoms with Gasteiger partial charge in [0.25, 0.3) is 0 Å². The van der Waals surface area contributed by atoms with Crippen LogP contribution in [0.2, 0.25) is 0 Å². The molecule has 2 aromatic rings. The van der Waals surface area contributed by atoms with Crippen LogP contribution < -0.4 is 10.2 Å². The average Bonchev–Trinajstić information content (AvgIpc) is 3.25. The van der Waals surface area contributed by atoms with Gasteiger partial charge in [0.05, 0.1) is 11.5 Å². The first-order chi connectivity index (χ1) is 10.9. The topological polar surface area (TPSA) is 48.7 Å². The molecule has 1 aliphatic rings. The summed E-state index contributed by atoms with van der Waals surface area (Å²) in [6.07, 6.45) is 3.78. The molecule has 0 bridgehead atoms. The normalized spacial score (nSPS) is 16.1. The lowest BCUT2D eigenvalue weighted by Gasteiger charge is -2.37. The van der Waals surface area contributed by atoms with Gasteiger partial charge in [-0.1, -0.05) is 0 Å². The molecule has 22 heavy (non-hydrogen) atoms. The van der Waals surface area contributed by atoms with E-state index >= 15 is 0 Å². The van der Waals surface area contributed by atoms with Crippen LogP contribution in [0.4, 0.5) is 5.00 Å². The van der Waals surface area contributed by atoms with Gasteiger partial charge in [0.15, 0.2) is 5.96 Å². The molecular formula is C15H22N6S. The van der Waals surface area contributed by atoms with Gasteiger partial charge in [0.1, 0.15) is 0 Å². The number of aromatic nitrogens is 2. The summed E-state index contributed by atoms with van der Waals surface area (Å²) in [5.74, 6) is 0.984. The first-order valence-corrected chi connectivity index (χ1v) is 8.46. The SMILES string of the molecule is CN=C(NCCn1cccn1)N1CCN(c2cccs2)CC1. The standard InChI is InChI=1S/C15H22N6S/c1-16-15(17-6-8-21-7-3-5-18-21)20-11-9-19(10-12-20)14-4-2-13-22-14/h2-5,7,13H,6,8-12H2,1H3,(H,16,17). The van der Waals surface area contributed by atoms with E-state index in [9.17, 15) is 0 Å². The number of piperazine rings is 1. The molecule has 118 valence electrons. The van der Waals surface area contributed by atoms with Crippen molar-refractivity contribution >= 4 is 22.3 Å². The minimum atomic E-state index is 0.833. The lowest BCUT2D eigenvalue weighted by molar-refractivity contribution is 0.372. The van der Waals surface area contributed by atoms with Crippen LogP contribution in [0.3, 0.4) is 0 Å². The number of hydrogen-bond donors (Lipinski definition) is 1. The van der Waals surface area contributed by atoms with Gasteiger partial charge >= 0.3 is 0 Å². The fourth-order valence-corrected chi connectivity index (χ4v) is 3.42. The highest BCUT2D eigenvalue weighted by Crippen LogP contribution is 2.22. The van der Waals surface area contributed by atoms with Crippen molar-refractivity contribution in [2.75, 3.05) is 44.7 Å². The smallest absolute Gasteiger partial charge is 0.193 e. The van der Waals surface area contributed by atoms with Gasteiger partial charge in [0, 0.05) is 52.2 Å². The molecule has 1 N–H and O–H groups in total. The van der Waals surface area contributed by atoms with Gasteiger partial charge in [-0.05, 0) is 23.6 Å². The summed E-state index contributed by atoms with van der Waals surface area (Å²) in [6, 6.07) is 6.25. The third-order valence-electron chi connectivity index (χ3n) is 3.79. The Hall–Kier alpha value is -2.02. The van der Waals surface area contributed by atoms with Crippen LogP contribution in [0.1, 0.15) is 0 Å². The number of nitrogens with zero attached hydrogens (tertiary/aromatic N) is 5. The predicted molar refractivity (Wildman–Crippen MR) is 91.7 cm³/mol. The van der Waals surface area contributed by atoms with E-state index in [4.69, 9.17) is 0 Å². The minimum absolute atomic E-state index is 0.833. The van der Waals surface area contributed by atoms with Crippen molar-refractivity contribution in [3.63, 3.8) is 0 Å². The van der Waals surface area contributed by atoms with Crippen molar-refractivity contribution in [1.29, 1.82) is 0 Å². The number of aliphatic imine (C=N–C) groups is 1. The Morgan fingerprint density at radius 2 is 2.18 bits per heavy atom. The number of anilines is 1. The number of thiophene rings is 1. The zero-order valence-corrected chi connectivity index (χ0v) is 13.7. The third-order valence-corrected chi connectivity index (χ3v) is 4.72. The molecule has 3 heterocycles. The highest BCUT2D eigenvalue weighted by Gasteiger charge is 2.19. The molecule has 0 aliphatic carbocycles. The monoisotopic (exact) mass is 318 g/mol. The zero-order valence-electron chi connectivity index (χ0n) is 12.9. The molecule has 1 saturated heterocycles. The van der Waals surface area contributed by atoms with E-state index in [0.29, 0.717) is 0 Å². The van der Waals surface area contributed by atoms with E-state index in [1.54, 1.807) is 6.20 Å². The first kappa shape index (κ1) is 14.9. The molecule has 0 atom stereocenters. The Morgan fingerprint density at radius 3 is 2.82 bits per heavy atom. The summed E-state index contributed by atoms with van der Waals surface area (Å²) in [7, 11) is 1.85. The lowest BCUT2D eigenvalue weighted by Crippen LogP contribution is -2.52. The van der Waals surface area contributed by atoms with Crippen molar-refractivity contribution in [2.24, 2.45) is 4.99 Å². The fourth-order valence-electron chi connectivity index (χ4n) is 2.64. The first-order valence-electron chi connectivity index (χ1n) is 7.58. The van der Waals surface area contributed by atoms with E-state index in [1.165, 1.54) is 5.00 Å². The van der Waals surface area contributed by atoms with Gasteiger partial charge in [0.2, 0.25) is 0 Å². The van der Waals surface area contributed by atoms with Crippen LogP contribution in [-0.4, -0.2) is 60.4 Å². The van der Waals surface area contributed by atoms with E-state index < -0.39 is 0 Å². The van der Waals surface area contributed by atoms with Gasteiger partial charge in [-0.25, -0.2) is 0 Å². The second kappa shape index (κ2) is 7.31. The highest BCUT2D eigenvalue weighted by atomic mass is 32.1. The molecule has 1 aliphatic heterocycles. The lowest BCUT2D eigenvalue weighted by atomic mass is 10.3. The minimum Gasteiger partial charge on any atom is -0.360 e. The summed E-state index contributed by atoms with van der Waals surface area (Å²) < 4.78 is 1.93. The third kappa shape index (κ3) is 3.59. The highest BCUT2D eigenvalue weighted by molar-refractivity contribution is 7.14. The van der Waals surface area contributed by atoms with Crippen LogP contribution >= 0.6 is 11.3 Å². The maximum absolute atomic E-state index is 4.40. The molecular weight excluding hydrogens is 296 g/mol. The Kier molecular flexibility index (Phi) is 4.95. The molecule has 6 nitrogen and oxygen atoms in total. The molecule has 3 rings (SSSR count).